The third kappa shape index (κ3) is 1.68. The molecule has 0 saturated carbocycles. The van der Waals surface area contributed by atoms with Crippen molar-refractivity contribution in [3.05, 3.63) is 0 Å². The molecule has 0 unspecified atom stereocenters. The van der Waals surface area contributed by atoms with Crippen LogP contribution in [0.4, 0.5) is 0 Å². The third-order valence-corrected chi connectivity index (χ3v) is 1.47. The summed E-state index contributed by atoms with van der Waals surface area (Å²) in [5.74, 6) is -0.350. The second-order valence-electron chi connectivity index (χ2n) is 2.46. The van der Waals surface area contributed by atoms with Crippen molar-refractivity contribution >= 4 is 5.91 Å². The normalized spacial score (nSPS) is 11.2. The predicted octanol–water partition coefficient (Wildman–Crippen LogP) is -1.28. The van der Waals surface area contributed by atoms with Crippen LogP contribution in [0.1, 0.15) is 6.92 Å². The molecule has 0 bridgehead atoms. The molecule has 0 aliphatic carbocycles. The van der Waals surface area contributed by atoms with Gasteiger partial charge in [0, 0.05) is 7.05 Å². The van der Waals surface area contributed by atoms with Gasteiger partial charge in [0.2, 0.25) is 5.91 Å². The van der Waals surface area contributed by atoms with E-state index in [9.17, 15) is 4.79 Å². The fourth-order valence-corrected chi connectivity index (χ4v) is 0.495. The number of amides is 1. The lowest BCUT2D eigenvalue weighted by atomic mass is 9.92. The average Bonchev–Trinajstić information content (AvgIpc) is 2.01. The van der Waals surface area contributed by atoms with Gasteiger partial charge in [-0.2, -0.15) is 0 Å². The predicted molar refractivity (Wildman–Crippen MR) is 36.3 cm³/mol. The molecule has 4 heteroatoms. The molecule has 4 nitrogen and oxygen atoms in total. The first-order valence-corrected chi connectivity index (χ1v) is 3.04. The van der Waals surface area contributed by atoms with Crippen molar-refractivity contribution in [3.8, 4) is 0 Å². The van der Waals surface area contributed by atoms with Crippen LogP contribution in [0.15, 0.2) is 0 Å². The molecule has 0 spiro atoms. The Labute approximate surface area is 59.9 Å². The van der Waals surface area contributed by atoms with E-state index in [4.69, 9.17) is 10.2 Å². The van der Waals surface area contributed by atoms with Gasteiger partial charge in [0.1, 0.15) is 0 Å². The van der Waals surface area contributed by atoms with E-state index in [-0.39, 0.29) is 19.1 Å². The van der Waals surface area contributed by atoms with Crippen LogP contribution >= 0.6 is 0 Å². The van der Waals surface area contributed by atoms with E-state index >= 15 is 0 Å². The maximum Gasteiger partial charge on any atom is 0.230 e. The van der Waals surface area contributed by atoms with Crippen molar-refractivity contribution in [3.63, 3.8) is 0 Å². The first kappa shape index (κ1) is 9.39. The fraction of sp³-hybridized carbons (Fsp3) is 0.833. The lowest BCUT2D eigenvalue weighted by Gasteiger charge is -2.21. The Balaban J connectivity index is 4.17. The number of aliphatic hydroxyl groups is 2. The minimum absolute atomic E-state index is 0.344. The van der Waals surface area contributed by atoms with Crippen molar-refractivity contribution in [2.24, 2.45) is 5.41 Å². The van der Waals surface area contributed by atoms with E-state index in [0.717, 1.165) is 0 Å². The summed E-state index contributed by atoms with van der Waals surface area (Å²) in [6, 6.07) is 0. The molecule has 0 saturated heterocycles. The summed E-state index contributed by atoms with van der Waals surface area (Å²) in [6.45, 7) is 0.804. The summed E-state index contributed by atoms with van der Waals surface area (Å²) in [7, 11) is 1.46. The molecule has 0 aliphatic rings. The number of nitrogens with one attached hydrogen (secondary N) is 1. The SMILES string of the molecule is CNC(=O)C(C)(CO)CO. The highest BCUT2D eigenvalue weighted by molar-refractivity contribution is 5.82. The molecule has 0 fully saturated rings. The quantitative estimate of drug-likeness (QED) is 0.466. The molecule has 10 heavy (non-hydrogen) atoms. The highest BCUT2D eigenvalue weighted by atomic mass is 16.3. The fourth-order valence-electron chi connectivity index (χ4n) is 0.495. The third-order valence-electron chi connectivity index (χ3n) is 1.47. The molecule has 0 atom stereocenters. The maximum atomic E-state index is 10.9. The number of rotatable bonds is 3. The van der Waals surface area contributed by atoms with E-state index in [1.807, 2.05) is 0 Å². The summed E-state index contributed by atoms with van der Waals surface area (Å²) in [5.41, 5.74) is -1.05. The van der Waals surface area contributed by atoms with E-state index in [0.29, 0.717) is 0 Å². The number of hydrogen-bond donors (Lipinski definition) is 3. The zero-order valence-electron chi connectivity index (χ0n) is 6.22. The molecule has 0 aromatic heterocycles. The largest absolute Gasteiger partial charge is 0.395 e. The summed E-state index contributed by atoms with van der Waals surface area (Å²) in [4.78, 5) is 10.9. The van der Waals surface area contributed by atoms with E-state index < -0.39 is 5.41 Å². The first-order chi connectivity index (χ1) is 4.60. The van der Waals surface area contributed by atoms with Gasteiger partial charge in [0.15, 0.2) is 0 Å². The van der Waals surface area contributed by atoms with Gasteiger partial charge in [-0.15, -0.1) is 0 Å². The molecule has 0 radical (unpaired) electrons. The lowest BCUT2D eigenvalue weighted by Crippen LogP contribution is -2.42. The molecule has 0 heterocycles. The molecule has 1 amide bonds. The first-order valence-electron chi connectivity index (χ1n) is 3.04. The van der Waals surface area contributed by atoms with Crippen LogP contribution in [0.3, 0.4) is 0 Å². The maximum absolute atomic E-state index is 10.9. The lowest BCUT2D eigenvalue weighted by molar-refractivity contribution is -0.134. The van der Waals surface area contributed by atoms with Crippen LogP contribution in [-0.2, 0) is 4.79 Å². The van der Waals surface area contributed by atoms with Gasteiger partial charge in [-0.05, 0) is 6.92 Å². The van der Waals surface area contributed by atoms with Crippen molar-refractivity contribution in [2.45, 2.75) is 6.92 Å². The van der Waals surface area contributed by atoms with Crippen molar-refractivity contribution in [2.75, 3.05) is 20.3 Å². The Morgan fingerprint density at radius 1 is 1.50 bits per heavy atom. The highest BCUT2D eigenvalue weighted by Gasteiger charge is 2.30. The second kappa shape index (κ2) is 3.53. The Hall–Kier alpha value is -0.610. The molecular weight excluding hydrogens is 134 g/mol. The number of carbonyl (C=O) groups is 1. The van der Waals surface area contributed by atoms with Crippen LogP contribution in [-0.4, -0.2) is 36.4 Å². The summed E-state index contributed by atoms with van der Waals surface area (Å²) in [6.07, 6.45) is 0. The highest BCUT2D eigenvalue weighted by Crippen LogP contribution is 2.12. The minimum atomic E-state index is -1.05. The number of carbonyl (C=O) groups excluding carboxylic acids is 1. The zero-order chi connectivity index (χ0) is 8.20. The van der Waals surface area contributed by atoms with Gasteiger partial charge < -0.3 is 15.5 Å². The second-order valence-corrected chi connectivity index (χ2v) is 2.46. The number of aliphatic hydroxyl groups excluding tert-OH is 2. The van der Waals surface area contributed by atoms with Gasteiger partial charge in [0.25, 0.3) is 0 Å². The number of hydrogen-bond acceptors (Lipinski definition) is 3. The van der Waals surface area contributed by atoms with Crippen LogP contribution in [0, 0.1) is 5.41 Å². The molecule has 0 aliphatic heterocycles. The van der Waals surface area contributed by atoms with E-state index in [1.54, 1.807) is 0 Å². The molecule has 0 rings (SSSR count). The van der Waals surface area contributed by atoms with E-state index in [1.165, 1.54) is 14.0 Å². The van der Waals surface area contributed by atoms with Gasteiger partial charge >= 0.3 is 0 Å². The van der Waals surface area contributed by atoms with Crippen LogP contribution in [0.5, 0.6) is 0 Å². The van der Waals surface area contributed by atoms with Crippen molar-refractivity contribution in [1.29, 1.82) is 0 Å². The Kier molecular flexibility index (Phi) is 3.32. The Morgan fingerprint density at radius 2 is 1.90 bits per heavy atom. The van der Waals surface area contributed by atoms with Crippen molar-refractivity contribution < 1.29 is 15.0 Å². The standard InChI is InChI=1S/C6H13NO3/c1-6(3-8,4-9)5(10)7-2/h8-9H,3-4H2,1-2H3,(H,7,10). The Morgan fingerprint density at radius 3 is 2.00 bits per heavy atom. The van der Waals surface area contributed by atoms with Gasteiger partial charge in [0.05, 0.1) is 18.6 Å². The molecule has 0 aromatic carbocycles. The zero-order valence-corrected chi connectivity index (χ0v) is 6.22. The molecule has 3 N–H and O–H groups in total. The average molecular weight is 147 g/mol. The Bertz CT molecular complexity index is 120. The van der Waals surface area contributed by atoms with Gasteiger partial charge in [-0.25, -0.2) is 0 Å². The van der Waals surface area contributed by atoms with Crippen molar-refractivity contribution in [1.82, 2.24) is 5.32 Å². The summed E-state index contributed by atoms with van der Waals surface area (Å²) in [5, 5.41) is 19.7. The molecule has 60 valence electrons. The van der Waals surface area contributed by atoms with Crippen LogP contribution in [0.2, 0.25) is 0 Å². The van der Waals surface area contributed by atoms with E-state index in [2.05, 4.69) is 5.32 Å². The smallest absolute Gasteiger partial charge is 0.230 e. The minimum Gasteiger partial charge on any atom is -0.395 e. The summed E-state index contributed by atoms with van der Waals surface area (Å²) < 4.78 is 0. The molecular formula is C6H13NO3. The van der Waals surface area contributed by atoms with Crippen LogP contribution < -0.4 is 5.32 Å². The monoisotopic (exact) mass is 147 g/mol. The van der Waals surface area contributed by atoms with Gasteiger partial charge in [-0.1, -0.05) is 0 Å². The molecule has 0 aromatic rings. The van der Waals surface area contributed by atoms with Crippen LogP contribution in [0.25, 0.3) is 0 Å². The summed E-state index contributed by atoms with van der Waals surface area (Å²) >= 11 is 0. The van der Waals surface area contributed by atoms with Gasteiger partial charge in [-0.3, -0.25) is 4.79 Å². The topological polar surface area (TPSA) is 69.6 Å².